The summed E-state index contributed by atoms with van der Waals surface area (Å²) in [7, 11) is 0. The van der Waals surface area contributed by atoms with E-state index >= 15 is 0 Å². The average molecular weight is 307 g/mol. The number of carboxylic acids is 1. The van der Waals surface area contributed by atoms with Crippen LogP contribution in [0.25, 0.3) is 0 Å². The Morgan fingerprint density at radius 2 is 1.95 bits per heavy atom. The summed E-state index contributed by atoms with van der Waals surface area (Å²) in [5.41, 5.74) is 1.94. The number of benzene rings is 2. The first-order valence-corrected chi connectivity index (χ1v) is 7.51. The van der Waals surface area contributed by atoms with Gasteiger partial charge < -0.3 is 5.11 Å². The van der Waals surface area contributed by atoms with Gasteiger partial charge in [-0.15, -0.1) is 11.8 Å². The maximum Gasteiger partial charge on any atom is 0.317 e. The van der Waals surface area contributed by atoms with Crippen molar-refractivity contribution in [3.63, 3.8) is 0 Å². The number of hydrogen-bond donors (Lipinski definition) is 1. The third kappa shape index (κ3) is 4.02. The van der Waals surface area contributed by atoms with Crippen molar-refractivity contribution in [1.82, 2.24) is 0 Å². The molecule has 0 saturated carbocycles. The number of carbonyl (C=O) groups is 1. The Balaban J connectivity index is 2.13. The van der Waals surface area contributed by atoms with Crippen molar-refractivity contribution in [2.75, 3.05) is 0 Å². The fourth-order valence-corrected chi connectivity index (χ4v) is 3.04. The van der Waals surface area contributed by atoms with E-state index in [0.717, 1.165) is 16.0 Å². The lowest BCUT2D eigenvalue weighted by molar-refractivity contribution is -0.136. The van der Waals surface area contributed by atoms with Crippen molar-refractivity contribution < 1.29 is 9.90 Å². The van der Waals surface area contributed by atoms with Gasteiger partial charge in [-0.05, 0) is 42.7 Å². The van der Waals surface area contributed by atoms with Crippen LogP contribution in [0.1, 0.15) is 11.1 Å². The minimum atomic E-state index is -0.810. The molecule has 0 spiro atoms. The molecular weight excluding hydrogens is 292 g/mol. The van der Waals surface area contributed by atoms with E-state index in [-0.39, 0.29) is 0 Å². The van der Waals surface area contributed by atoms with Crippen LogP contribution >= 0.6 is 23.4 Å². The van der Waals surface area contributed by atoms with Crippen LogP contribution in [0.5, 0.6) is 0 Å². The van der Waals surface area contributed by atoms with Crippen molar-refractivity contribution in [3.8, 4) is 0 Å². The fraction of sp³-hybridized carbons (Fsp3) is 0.188. The molecule has 2 aromatic carbocycles. The SMILES string of the molecule is Cc1ccc(CC(Sc2ccccc2)C(=O)O)cc1Cl. The molecule has 20 heavy (non-hydrogen) atoms. The van der Waals surface area contributed by atoms with Crippen LogP contribution in [-0.2, 0) is 11.2 Å². The zero-order chi connectivity index (χ0) is 14.5. The van der Waals surface area contributed by atoms with Crippen LogP contribution in [0.2, 0.25) is 5.02 Å². The zero-order valence-electron chi connectivity index (χ0n) is 11.0. The minimum Gasteiger partial charge on any atom is -0.480 e. The monoisotopic (exact) mass is 306 g/mol. The van der Waals surface area contributed by atoms with Gasteiger partial charge in [0, 0.05) is 9.92 Å². The number of aryl methyl sites for hydroxylation is 1. The van der Waals surface area contributed by atoms with E-state index in [0.29, 0.717) is 11.4 Å². The Bertz CT molecular complexity index is 599. The maximum atomic E-state index is 11.4. The molecule has 0 aliphatic carbocycles. The molecule has 104 valence electrons. The standard InChI is InChI=1S/C16H15ClO2S/c1-11-7-8-12(9-14(11)17)10-15(16(18)19)20-13-5-3-2-4-6-13/h2-9,15H,10H2,1H3,(H,18,19). The van der Waals surface area contributed by atoms with Gasteiger partial charge in [0.1, 0.15) is 5.25 Å². The van der Waals surface area contributed by atoms with Crippen molar-refractivity contribution in [2.24, 2.45) is 0 Å². The smallest absolute Gasteiger partial charge is 0.317 e. The zero-order valence-corrected chi connectivity index (χ0v) is 12.6. The molecule has 0 saturated heterocycles. The van der Waals surface area contributed by atoms with E-state index in [4.69, 9.17) is 11.6 Å². The van der Waals surface area contributed by atoms with Crippen LogP contribution in [0, 0.1) is 6.92 Å². The minimum absolute atomic E-state index is 0.453. The Hall–Kier alpha value is -1.45. The van der Waals surface area contributed by atoms with Crippen LogP contribution in [0.15, 0.2) is 53.4 Å². The molecule has 0 aromatic heterocycles. The highest BCUT2D eigenvalue weighted by molar-refractivity contribution is 8.00. The summed E-state index contributed by atoms with van der Waals surface area (Å²) < 4.78 is 0. The molecule has 0 fully saturated rings. The van der Waals surface area contributed by atoms with Gasteiger partial charge in [0.05, 0.1) is 0 Å². The van der Waals surface area contributed by atoms with E-state index < -0.39 is 11.2 Å². The molecule has 4 heteroatoms. The normalized spacial score (nSPS) is 12.1. The van der Waals surface area contributed by atoms with Gasteiger partial charge >= 0.3 is 5.97 Å². The van der Waals surface area contributed by atoms with Gasteiger partial charge in [-0.3, -0.25) is 4.79 Å². The van der Waals surface area contributed by atoms with Gasteiger partial charge in [0.15, 0.2) is 0 Å². The quantitative estimate of drug-likeness (QED) is 0.830. The number of rotatable bonds is 5. The molecule has 0 radical (unpaired) electrons. The van der Waals surface area contributed by atoms with Gasteiger partial charge in [-0.25, -0.2) is 0 Å². The average Bonchev–Trinajstić information content (AvgIpc) is 2.43. The second kappa shape index (κ2) is 6.82. The van der Waals surface area contributed by atoms with E-state index in [1.807, 2.05) is 55.5 Å². The first-order chi connectivity index (χ1) is 9.56. The third-order valence-corrected chi connectivity index (χ3v) is 4.56. The van der Waals surface area contributed by atoms with E-state index in [9.17, 15) is 9.90 Å². The molecule has 0 amide bonds. The Morgan fingerprint density at radius 3 is 2.55 bits per heavy atom. The number of halogens is 1. The summed E-state index contributed by atoms with van der Waals surface area (Å²) in [5, 5.41) is 9.53. The summed E-state index contributed by atoms with van der Waals surface area (Å²) >= 11 is 7.44. The van der Waals surface area contributed by atoms with Crippen molar-refractivity contribution >= 4 is 29.3 Å². The Labute approximate surface area is 127 Å². The van der Waals surface area contributed by atoms with Crippen LogP contribution in [0.3, 0.4) is 0 Å². The van der Waals surface area contributed by atoms with Gasteiger partial charge in [0.25, 0.3) is 0 Å². The maximum absolute atomic E-state index is 11.4. The summed E-state index contributed by atoms with van der Waals surface area (Å²) in [4.78, 5) is 12.4. The highest BCUT2D eigenvalue weighted by atomic mass is 35.5. The summed E-state index contributed by atoms with van der Waals surface area (Å²) in [6, 6.07) is 15.3. The highest BCUT2D eigenvalue weighted by Crippen LogP contribution is 2.27. The molecule has 0 bridgehead atoms. The fourth-order valence-electron chi connectivity index (χ4n) is 1.82. The number of carboxylic acid groups (broad SMARTS) is 1. The lowest BCUT2D eigenvalue weighted by Crippen LogP contribution is -2.19. The van der Waals surface area contributed by atoms with Crippen molar-refractivity contribution in [3.05, 3.63) is 64.7 Å². The lowest BCUT2D eigenvalue weighted by Gasteiger charge is -2.13. The predicted molar refractivity (Wildman–Crippen MR) is 83.6 cm³/mol. The molecule has 2 rings (SSSR count). The van der Waals surface area contributed by atoms with E-state index in [2.05, 4.69) is 0 Å². The van der Waals surface area contributed by atoms with Crippen LogP contribution in [0.4, 0.5) is 0 Å². The molecule has 2 aromatic rings. The molecule has 0 aliphatic heterocycles. The molecule has 1 atom stereocenters. The number of aliphatic carboxylic acids is 1. The molecule has 0 heterocycles. The van der Waals surface area contributed by atoms with E-state index in [1.165, 1.54) is 11.8 Å². The van der Waals surface area contributed by atoms with Gasteiger partial charge in [-0.2, -0.15) is 0 Å². The molecule has 1 unspecified atom stereocenters. The van der Waals surface area contributed by atoms with Crippen molar-refractivity contribution in [2.45, 2.75) is 23.5 Å². The number of thioether (sulfide) groups is 1. The Morgan fingerprint density at radius 1 is 1.25 bits per heavy atom. The van der Waals surface area contributed by atoms with E-state index in [1.54, 1.807) is 0 Å². The molecule has 0 aliphatic rings. The first-order valence-electron chi connectivity index (χ1n) is 6.26. The predicted octanol–water partition coefficient (Wildman–Crippen LogP) is 4.44. The Kier molecular flexibility index (Phi) is 5.10. The van der Waals surface area contributed by atoms with Crippen molar-refractivity contribution in [1.29, 1.82) is 0 Å². The second-order valence-corrected chi connectivity index (χ2v) is 6.23. The lowest BCUT2D eigenvalue weighted by atomic mass is 10.1. The first kappa shape index (κ1) is 14.9. The molecule has 2 nitrogen and oxygen atoms in total. The van der Waals surface area contributed by atoms with Gasteiger partial charge in [-0.1, -0.05) is 41.9 Å². The number of hydrogen-bond acceptors (Lipinski definition) is 2. The largest absolute Gasteiger partial charge is 0.480 e. The van der Waals surface area contributed by atoms with Crippen LogP contribution < -0.4 is 0 Å². The molecular formula is C16H15ClO2S. The summed E-state index contributed by atoms with van der Waals surface area (Å²) in [5.74, 6) is -0.810. The molecule has 1 N–H and O–H groups in total. The third-order valence-electron chi connectivity index (χ3n) is 2.95. The second-order valence-electron chi connectivity index (χ2n) is 4.55. The topological polar surface area (TPSA) is 37.3 Å². The van der Waals surface area contributed by atoms with Crippen LogP contribution in [-0.4, -0.2) is 16.3 Å². The summed E-state index contributed by atoms with van der Waals surface area (Å²) in [6.45, 7) is 1.93. The highest BCUT2D eigenvalue weighted by Gasteiger charge is 2.19. The summed E-state index contributed by atoms with van der Waals surface area (Å²) in [6.07, 6.45) is 0.453. The van der Waals surface area contributed by atoms with Gasteiger partial charge in [0.2, 0.25) is 0 Å².